The minimum atomic E-state index is -0.136. The molecule has 0 aromatic carbocycles. The van der Waals surface area contributed by atoms with Crippen LogP contribution in [0.1, 0.15) is 12.8 Å². The number of fused-ring (bicyclic) bond motifs is 1. The van der Waals surface area contributed by atoms with Gasteiger partial charge in [0.15, 0.2) is 5.82 Å². The fourth-order valence-electron chi connectivity index (χ4n) is 2.81. The van der Waals surface area contributed by atoms with Gasteiger partial charge in [0.2, 0.25) is 0 Å². The Morgan fingerprint density at radius 2 is 2.30 bits per heavy atom. The minimum Gasteiger partial charge on any atom is -0.469 e. The van der Waals surface area contributed by atoms with Gasteiger partial charge in [-0.05, 0) is 18.9 Å². The van der Waals surface area contributed by atoms with Crippen LogP contribution in [0, 0.1) is 5.92 Å². The second-order valence-corrected chi connectivity index (χ2v) is 5.17. The standard InChI is InChI=1S/C14H18N4O2/c1-17-9-16-12-11(17)5-6-15-13(12)18-7-3-4-10(8-18)14(19)20-2/h5-6,9-10H,3-4,7-8H2,1-2H3. The zero-order valence-corrected chi connectivity index (χ0v) is 11.7. The number of esters is 1. The van der Waals surface area contributed by atoms with Crippen molar-refractivity contribution in [2.75, 3.05) is 25.1 Å². The number of carbonyl (C=O) groups excluding carboxylic acids is 1. The molecule has 0 radical (unpaired) electrons. The summed E-state index contributed by atoms with van der Waals surface area (Å²) in [6.45, 7) is 1.55. The Balaban J connectivity index is 1.92. The Labute approximate surface area is 117 Å². The van der Waals surface area contributed by atoms with Crippen LogP contribution in [-0.2, 0) is 16.6 Å². The summed E-state index contributed by atoms with van der Waals surface area (Å²) in [4.78, 5) is 22.7. The molecule has 1 aliphatic rings. The summed E-state index contributed by atoms with van der Waals surface area (Å²) < 4.78 is 6.83. The van der Waals surface area contributed by atoms with E-state index in [2.05, 4.69) is 14.9 Å². The fraction of sp³-hybridized carbons (Fsp3) is 0.500. The number of hydrogen-bond acceptors (Lipinski definition) is 5. The number of hydrogen-bond donors (Lipinski definition) is 0. The van der Waals surface area contributed by atoms with E-state index >= 15 is 0 Å². The highest BCUT2D eigenvalue weighted by molar-refractivity contribution is 5.86. The zero-order valence-electron chi connectivity index (χ0n) is 11.7. The largest absolute Gasteiger partial charge is 0.469 e. The third kappa shape index (κ3) is 2.11. The van der Waals surface area contributed by atoms with Crippen molar-refractivity contribution in [1.29, 1.82) is 0 Å². The molecule has 0 saturated carbocycles. The van der Waals surface area contributed by atoms with Crippen LogP contribution < -0.4 is 4.90 Å². The Kier molecular flexibility index (Phi) is 3.30. The molecule has 3 rings (SSSR count). The first-order chi connectivity index (χ1) is 9.70. The summed E-state index contributed by atoms with van der Waals surface area (Å²) in [5.41, 5.74) is 1.94. The summed E-state index contributed by atoms with van der Waals surface area (Å²) in [6.07, 6.45) is 5.42. The van der Waals surface area contributed by atoms with Gasteiger partial charge >= 0.3 is 5.97 Å². The molecule has 6 nitrogen and oxygen atoms in total. The normalized spacial score (nSPS) is 19.3. The Hall–Kier alpha value is -2.11. The van der Waals surface area contributed by atoms with Gasteiger partial charge in [0.25, 0.3) is 0 Å². The minimum absolute atomic E-state index is 0.0745. The van der Waals surface area contributed by atoms with Gasteiger partial charge in [0.05, 0.1) is 24.9 Å². The van der Waals surface area contributed by atoms with Gasteiger partial charge in [0.1, 0.15) is 5.52 Å². The molecule has 0 aliphatic carbocycles. The van der Waals surface area contributed by atoms with Crippen LogP contribution >= 0.6 is 0 Å². The Morgan fingerprint density at radius 3 is 3.10 bits per heavy atom. The summed E-state index contributed by atoms with van der Waals surface area (Å²) in [6, 6.07) is 1.95. The number of aromatic nitrogens is 3. The average Bonchev–Trinajstić information content (AvgIpc) is 2.88. The van der Waals surface area contributed by atoms with Crippen molar-refractivity contribution < 1.29 is 9.53 Å². The van der Waals surface area contributed by atoms with E-state index in [9.17, 15) is 4.79 Å². The maximum absolute atomic E-state index is 11.7. The summed E-state index contributed by atoms with van der Waals surface area (Å²) in [5.74, 6) is 0.647. The van der Waals surface area contributed by atoms with Crippen molar-refractivity contribution in [3.8, 4) is 0 Å². The molecule has 2 aromatic heterocycles. The van der Waals surface area contributed by atoms with Gasteiger partial charge in [-0.25, -0.2) is 9.97 Å². The molecule has 3 heterocycles. The van der Waals surface area contributed by atoms with Crippen molar-refractivity contribution >= 4 is 22.8 Å². The number of ether oxygens (including phenoxy) is 1. The first kappa shape index (κ1) is 12.9. The van der Waals surface area contributed by atoms with Crippen LogP contribution in [0.3, 0.4) is 0 Å². The average molecular weight is 274 g/mol. The van der Waals surface area contributed by atoms with Gasteiger partial charge in [-0.2, -0.15) is 0 Å². The van der Waals surface area contributed by atoms with Crippen LogP contribution in [0.15, 0.2) is 18.6 Å². The maximum Gasteiger partial charge on any atom is 0.310 e. The van der Waals surface area contributed by atoms with E-state index in [0.717, 1.165) is 36.2 Å². The van der Waals surface area contributed by atoms with E-state index in [-0.39, 0.29) is 11.9 Å². The highest BCUT2D eigenvalue weighted by Gasteiger charge is 2.28. The molecule has 1 atom stereocenters. The van der Waals surface area contributed by atoms with Crippen LogP contribution in [0.5, 0.6) is 0 Å². The fourth-order valence-corrected chi connectivity index (χ4v) is 2.81. The van der Waals surface area contributed by atoms with Crippen molar-refractivity contribution in [2.45, 2.75) is 12.8 Å². The van der Waals surface area contributed by atoms with E-state index in [1.165, 1.54) is 7.11 Å². The third-order valence-corrected chi connectivity index (χ3v) is 3.88. The smallest absolute Gasteiger partial charge is 0.310 e. The van der Waals surface area contributed by atoms with Gasteiger partial charge in [-0.15, -0.1) is 0 Å². The van der Waals surface area contributed by atoms with Crippen molar-refractivity contribution in [2.24, 2.45) is 13.0 Å². The van der Waals surface area contributed by atoms with E-state index in [1.54, 1.807) is 12.5 Å². The van der Waals surface area contributed by atoms with E-state index in [1.807, 2.05) is 17.7 Å². The molecule has 6 heteroatoms. The Bertz CT molecular complexity index is 637. The second-order valence-electron chi connectivity index (χ2n) is 5.17. The number of imidazole rings is 1. The number of piperidine rings is 1. The van der Waals surface area contributed by atoms with E-state index in [4.69, 9.17) is 4.74 Å². The number of nitrogens with zero attached hydrogens (tertiary/aromatic N) is 4. The molecule has 0 bridgehead atoms. The van der Waals surface area contributed by atoms with E-state index in [0.29, 0.717) is 6.54 Å². The maximum atomic E-state index is 11.7. The molecule has 2 aromatic rings. The summed E-state index contributed by atoms with van der Waals surface area (Å²) in [5, 5.41) is 0. The monoisotopic (exact) mass is 274 g/mol. The summed E-state index contributed by atoms with van der Waals surface area (Å²) in [7, 11) is 3.41. The van der Waals surface area contributed by atoms with Crippen molar-refractivity contribution in [1.82, 2.24) is 14.5 Å². The predicted octanol–water partition coefficient (Wildman–Crippen LogP) is 1.36. The molecular weight excluding hydrogens is 256 g/mol. The number of carbonyl (C=O) groups is 1. The molecule has 0 N–H and O–H groups in total. The van der Waals surface area contributed by atoms with Crippen LogP contribution in [0.4, 0.5) is 5.82 Å². The van der Waals surface area contributed by atoms with Crippen molar-refractivity contribution in [3.05, 3.63) is 18.6 Å². The first-order valence-electron chi connectivity index (χ1n) is 6.79. The molecule has 1 fully saturated rings. The number of methoxy groups -OCH3 is 1. The molecule has 1 saturated heterocycles. The predicted molar refractivity (Wildman–Crippen MR) is 75.5 cm³/mol. The number of anilines is 1. The lowest BCUT2D eigenvalue weighted by atomic mass is 9.98. The SMILES string of the molecule is COC(=O)C1CCCN(c2nccc3c2ncn3C)C1. The first-order valence-corrected chi connectivity index (χ1v) is 6.79. The van der Waals surface area contributed by atoms with Gasteiger partial charge < -0.3 is 14.2 Å². The van der Waals surface area contributed by atoms with Crippen molar-refractivity contribution in [3.63, 3.8) is 0 Å². The highest BCUT2D eigenvalue weighted by Crippen LogP contribution is 2.27. The second kappa shape index (κ2) is 5.11. The lowest BCUT2D eigenvalue weighted by Crippen LogP contribution is -2.39. The molecular formula is C14H18N4O2. The van der Waals surface area contributed by atoms with Gasteiger partial charge in [-0.1, -0.05) is 0 Å². The molecule has 1 aliphatic heterocycles. The quantitative estimate of drug-likeness (QED) is 0.774. The molecule has 0 amide bonds. The number of aryl methyl sites for hydroxylation is 1. The lowest BCUT2D eigenvalue weighted by Gasteiger charge is -2.32. The zero-order chi connectivity index (χ0) is 14.1. The molecule has 106 valence electrons. The van der Waals surface area contributed by atoms with Crippen LogP contribution in [0.25, 0.3) is 11.0 Å². The Morgan fingerprint density at radius 1 is 1.45 bits per heavy atom. The van der Waals surface area contributed by atoms with Crippen LogP contribution in [0.2, 0.25) is 0 Å². The molecule has 20 heavy (non-hydrogen) atoms. The van der Waals surface area contributed by atoms with Gasteiger partial charge in [0, 0.05) is 26.3 Å². The number of rotatable bonds is 2. The topological polar surface area (TPSA) is 60.2 Å². The molecule has 1 unspecified atom stereocenters. The highest BCUT2D eigenvalue weighted by atomic mass is 16.5. The van der Waals surface area contributed by atoms with Crippen LogP contribution in [-0.4, -0.2) is 40.7 Å². The number of pyridine rings is 1. The molecule has 0 spiro atoms. The van der Waals surface area contributed by atoms with E-state index < -0.39 is 0 Å². The lowest BCUT2D eigenvalue weighted by molar-refractivity contribution is -0.145. The summed E-state index contributed by atoms with van der Waals surface area (Å²) >= 11 is 0. The third-order valence-electron chi connectivity index (χ3n) is 3.88. The van der Waals surface area contributed by atoms with Gasteiger partial charge in [-0.3, -0.25) is 4.79 Å².